The summed E-state index contributed by atoms with van der Waals surface area (Å²) in [6, 6.07) is 6.03. The van der Waals surface area contributed by atoms with E-state index in [9.17, 15) is 14.9 Å². The van der Waals surface area contributed by atoms with E-state index in [4.69, 9.17) is 11.6 Å². The van der Waals surface area contributed by atoms with Crippen LogP contribution >= 0.6 is 11.6 Å². The lowest BCUT2D eigenvalue weighted by Crippen LogP contribution is -2.17. The monoisotopic (exact) mass is 294 g/mol. The first-order valence-electron chi connectivity index (χ1n) is 5.79. The van der Waals surface area contributed by atoms with Crippen LogP contribution in [0.1, 0.15) is 17.4 Å². The van der Waals surface area contributed by atoms with Gasteiger partial charge in [0.1, 0.15) is 16.7 Å². The van der Waals surface area contributed by atoms with Crippen molar-refractivity contribution in [2.24, 2.45) is 0 Å². The molecule has 0 spiro atoms. The predicted octanol–water partition coefficient (Wildman–Crippen LogP) is 2.72. The second kappa shape index (κ2) is 5.70. The van der Waals surface area contributed by atoms with Crippen molar-refractivity contribution in [2.75, 3.05) is 5.32 Å². The van der Waals surface area contributed by atoms with Crippen LogP contribution in [0.25, 0.3) is 0 Å². The van der Waals surface area contributed by atoms with Gasteiger partial charge < -0.3 is 9.88 Å². The van der Waals surface area contributed by atoms with Crippen molar-refractivity contribution in [3.05, 3.63) is 51.4 Å². The van der Waals surface area contributed by atoms with Crippen LogP contribution in [0, 0.1) is 10.1 Å². The molecule has 20 heavy (non-hydrogen) atoms. The van der Waals surface area contributed by atoms with Crippen molar-refractivity contribution in [2.45, 2.75) is 13.5 Å². The molecule has 1 N–H and O–H groups in total. The maximum atomic E-state index is 12.1. The summed E-state index contributed by atoms with van der Waals surface area (Å²) in [6.45, 7) is 2.23. The van der Waals surface area contributed by atoms with Crippen LogP contribution in [-0.4, -0.2) is 20.4 Å². The second-order valence-electron chi connectivity index (χ2n) is 3.93. The normalized spacial score (nSPS) is 10.3. The Morgan fingerprint density at radius 1 is 1.55 bits per heavy atom. The average molecular weight is 295 g/mol. The van der Waals surface area contributed by atoms with Crippen LogP contribution in [0.2, 0.25) is 5.15 Å². The predicted molar refractivity (Wildman–Crippen MR) is 74.0 cm³/mol. The average Bonchev–Trinajstić information content (AvgIpc) is 2.83. The molecule has 0 unspecified atom stereocenters. The van der Waals surface area contributed by atoms with E-state index in [2.05, 4.69) is 10.3 Å². The summed E-state index contributed by atoms with van der Waals surface area (Å²) in [5.74, 6) is -0.191. The minimum Gasteiger partial charge on any atom is -0.337 e. The summed E-state index contributed by atoms with van der Waals surface area (Å²) in [7, 11) is 0. The molecule has 2 heterocycles. The summed E-state index contributed by atoms with van der Waals surface area (Å²) in [5.41, 5.74) is 0.0667. The number of aromatic nitrogens is 2. The molecule has 8 heteroatoms. The molecule has 2 aromatic rings. The van der Waals surface area contributed by atoms with Gasteiger partial charge in [-0.05, 0) is 19.1 Å². The van der Waals surface area contributed by atoms with Crippen LogP contribution in [0.5, 0.6) is 0 Å². The molecule has 0 aliphatic carbocycles. The molecule has 2 aromatic heterocycles. The minimum atomic E-state index is -0.541. The van der Waals surface area contributed by atoms with Gasteiger partial charge in [-0.1, -0.05) is 17.7 Å². The molecule has 104 valence electrons. The van der Waals surface area contributed by atoms with E-state index in [0.29, 0.717) is 6.54 Å². The molecule has 2 rings (SSSR count). The Balaban J connectivity index is 2.27. The number of rotatable bonds is 4. The molecule has 0 radical (unpaired) electrons. The van der Waals surface area contributed by atoms with Crippen molar-refractivity contribution < 1.29 is 9.72 Å². The van der Waals surface area contributed by atoms with Crippen molar-refractivity contribution in [3.8, 4) is 0 Å². The van der Waals surface area contributed by atoms with Gasteiger partial charge in [0, 0.05) is 12.6 Å². The van der Waals surface area contributed by atoms with Crippen molar-refractivity contribution in [1.82, 2.24) is 9.55 Å². The van der Waals surface area contributed by atoms with Gasteiger partial charge >= 0.3 is 0 Å². The number of hydrogen-bond donors (Lipinski definition) is 1. The first-order valence-corrected chi connectivity index (χ1v) is 6.17. The summed E-state index contributed by atoms with van der Waals surface area (Å²) >= 11 is 5.72. The van der Waals surface area contributed by atoms with E-state index in [1.807, 2.05) is 0 Å². The Kier molecular flexibility index (Phi) is 3.99. The number of nitrogens with zero attached hydrogens (tertiary/aromatic N) is 3. The summed E-state index contributed by atoms with van der Waals surface area (Å²) < 4.78 is 1.50. The van der Waals surface area contributed by atoms with Gasteiger partial charge in [-0.3, -0.25) is 14.9 Å². The molecule has 0 aliphatic rings. The second-order valence-corrected chi connectivity index (χ2v) is 4.31. The molecular weight excluding hydrogens is 284 g/mol. The fourth-order valence-electron chi connectivity index (χ4n) is 1.71. The topological polar surface area (TPSA) is 90.1 Å². The Morgan fingerprint density at radius 3 is 2.90 bits per heavy atom. The van der Waals surface area contributed by atoms with Gasteiger partial charge in [0.2, 0.25) is 0 Å². The van der Waals surface area contributed by atoms with E-state index in [0.717, 1.165) is 0 Å². The standard InChI is InChI=1S/C12H11ClN4O3/c1-2-16-7-8(17(19)20)6-9(16)12(18)15-11-5-3-4-10(13)14-11/h3-7H,2H2,1H3,(H,14,15,18). The van der Waals surface area contributed by atoms with Gasteiger partial charge in [-0.2, -0.15) is 0 Å². The third kappa shape index (κ3) is 2.94. The molecule has 0 saturated heterocycles. The van der Waals surface area contributed by atoms with E-state index < -0.39 is 10.8 Å². The number of aryl methyl sites for hydroxylation is 1. The summed E-state index contributed by atoms with van der Waals surface area (Å²) in [5, 5.41) is 13.5. The molecule has 0 bridgehead atoms. The van der Waals surface area contributed by atoms with Gasteiger partial charge in [0.25, 0.3) is 11.6 Å². The summed E-state index contributed by atoms with van der Waals surface area (Å²) in [4.78, 5) is 26.2. The third-order valence-corrected chi connectivity index (χ3v) is 2.83. The smallest absolute Gasteiger partial charge is 0.287 e. The minimum absolute atomic E-state index is 0.129. The Labute approximate surface area is 119 Å². The van der Waals surface area contributed by atoms with Gasteiger partial charge in [0.05, 0.1) is 11.1 Å². The Morgan fingerprint density at radius 2 is 2.30 bits per heavy atom. The fraction of sp³-hybridized carbons (Fsp3) is 0.167. The molecule has 0 fully saturated rings. The molecule has 0 atom stereocenters. The van der Waals surface area contributed by atoms with Crippen LogP contribution in [-0.2, 0) is 6.54 Å². The van der Waals surface area contributed by atoms with Crippen LogP contribution in [0.3, 0.4) is 0 Å². The number of amides is 1. The van der Waals surface area contributed by atoms with Crippen LogP contribution < -0.4 is 5.32 Å². The highest BCUT2D eigenvalue weighted by molar-refractivity contribution is 6.29. The lowest BCUT2D eigenvalue weighted by Gasteiger charge is -2.06. The highest BCUT2D eigenvalue weighted by Crippen LogP contribution is 2.18. The summed E-state index contributed by atoms with van der Waals surface area (Å²) in [6.07, 6.45) is 1.32. The number of anilines is 1. The quantitative estimate of drug-likeness (QED) is 0.533. The van der Waals surface area contributed by atoms with Gasteiger partial charge in [-0.15, -0.1) is 0 Å². The van der Waals surface area contributed by atoms with Crippen LogP contribution in [0.15, 0.2) is 30.5 Å². The lowest BCUT2D eigenvalue weighted by molar-refractivity contribution is -0.384. The number of nitro groups is 1. The zero-order chi connectivity index (χ0) is 14.7. The highest BCUT2D eigenvalue weighted by Gasteiger charge is 2.19. The molecule has 0 aromatic carbocycles. The largest absolute Gasteiger partial charge is 0.337 e. The molecular formula is C12H11ClN4O3. The third-order valence-electron chi connectivity index (χ3n) is 2.62. The number of carbonyl (C=O) groups excluding carboxylic acids is 1. The Bertz CT molecular complexity index is 668. The molecule has 0 saturated carbocycles. The van der Waals surface area contributed by atoms with Crippen molar-refractivity contribution in [3.63, 3.8) is 0 Å². The number of nitrogens with one attached hydrogen (secondary N) is 1. The van der Waals surface area contributed by atoms with Crippen LogP contribution in [0.4, 0.5) is 11.5 Å². The number of halogens is 1. The zero-order valence-electron chi connectivity index (χ0n) is 10.5. The SMILES string of the molecule is CCn1cc([N+](=O)[O-])cc1C(=O)Nc1cccc(Cl)n1. The molecule has 7 nitrogen and oxygen atoms in total. The maximum absolute atomic E-state index is 12.1. The lowest BCUT2D eigenvalue weighted by atomic mass is 10.3. The fourth-order valence-corrected chi connectivity index (χ4v) is 1.87. The van der Waals surface area contributed by atoms with Crippen molar-refractivity contribution in [1.29, 1.82) is 0 Å². The molecule has 1 amide bonds. The molecule has 0 aliphatic heterocycles. The first-order chi connectivity index (χ1) is 9.51. The van der Waals surface area contributed by atoms with E-state index in [1.165, 1.54) is 16.8 Å². The highest BCUT2D eigenvalue weighted by atomic mass is 35.5. The number of carbonyl (C=O) groups is 1. The first kappa shape index (κ1) is 14.0. The van der Waals surface area contributed by atoms with E-state index in [1.54, 1.807) is 25.1 Å². The maximum Gasteiger partial charge on any atom is 0.287 e. The van der Waals surface area contributed by atoms with Crippen molar-refractivity contribution >= 4 is 29.0 Å². The zero-order valence-corrected chi connectivity index (χ0v) is 11.3. The van der Waals surface area contributed by atoms with Gasteiger partial charge in [-0.25, -0.2) is 4.98 Å². The Hall–Kier alpha value is -2.41. The number of pyridine rings is 1. The van der Waals surface area contributed by atoms with E-state index in [-0.39, 0.29) is 22.4 Å². The number of hydrogen-bond acceptors (Lipinski definition) is 4. The van der Waals surface area contributed by atoms with E-state index >= 15 is 0 Å². The van der Waals surface area contributed by atoms with Gasteiger partial charge in [0.15, 0.2) is 0 Å².